The van der Waals surface area contributed by atoms with E-state index in [4.69, 9.17) is 9.15 Å². The van der Waals surface area contributed by atoms with Crippen molar-refractivity contribution in [3.05, 3.63) is 60.1 Å². The maximum Gasteiger partial charge on any atom is 0.338 e. The number of hydrogen-bond donors (Lipinski definition) is 2. The van der Waals surface area contributed by atoms with E-state index in [1.165, 1.54) is 12.3 Å². The zero-order chi connectivity index (χ0) is 15.1. The molecule has 2 N–H and O–H groups in total. The van der Waals surface area contributed by atoms with Gasteiger partial charge in [-0.25, -0.2) is 4.79 Å². The number of benzene rings is 1. The van der Waals surface area contributed by atoms with Crippen LogP contribution in [0.1, 0.15) is 20.9 Å². The number of nitrogens with one attached hydrogen (secondary N) is 2. The molecule has 0 spiro atoms. The molecule has 0 unspecified atom stereocenters. The first-order valence-electron chi connectivity index (χ1n) is 6.01. The summed E-state index contributed by atoms with van der Waals surface area (Å²) in [6.07, 6.45) is 1.33. The summed E-state index contributed by atoms with van der Waals surface area (Å²) in [4.78, 5) is 34.4. The second kappa shape index (κ2) is 6.90. The number of amides is 2. The number of ether oxygens (including phenoxy) is 1. The van der Waals surface area contributed by atoms with Crippen LogP contribution in [0.4, 0.5) is 0 Å². The average molecular weight is 288 g/mol. The number of carbonyl (C=O) groups excluding carboxylic acids is 3. The monoisotopic (exact) mass is 288 g/mol. The van der Waals surface area contributed by atoms with Crippen molar-refractivity contribution in [2.45, 2.75) is 0 Å². The topological polar surface area (TPSA) is 97.6 Å². The molecule has 0 radical (unpaired) electrons. The van der Waals surface area contributed by atoms with Crippen LogP contribution in [0.5, 0.6) is 0 Å². The Morgan fingerprint density at radius 2 is 1.76 bits per heavy atom. The van der Waals surface area contributed by atoms with Crippen molar-refractivity contribution in [2.75, 3.05) is 6.61 Å². The maximum absolute atomic E-state index is 11.6. The molecule has 7 heteroatoms. The fraction of sp³-hybridized carbons (Fsp3) is 0.0714. The first-order valence-corrected chi connectivity index (χ1v) is 6.01. The normalized spacial score (nSPS) is 9.71. The summed E-state index contributed by atoms with van der Waals surface area (Å²) in [7, 11) is 0. The third-order valence-electron chi connectivity index (χ3n) is 2.40. The van der Waals surface area contributed by atoms with E-state index in [2.05, 4.69) is 10.9 Å². The van der Waals surface area contributed by atoms with E-state index in [-0.39, 0.29) is 5.76 Å². The van der Waals surface area contributed by atoms with Crippen molar-refractivity contribution in [2.24, 2.45) is 0 Å². The highest BCUT2D eigenvalue weighted by Gasteiger charge is 2.12. The second-order valence-electron chi connectivity index (χ2n) is 3.92. The SMILES string of the molecule is O=C(COC(=O)c1ccccc1)NNC(=O)c1ccco1. The third kappa shape index (κ3) is 4.20. The Kier molecular flexibility index (Phi) is 4.70. The molecule has 108 valence electrons. The van der Waals surface area contributed by atoms with Crippen molar-refractivity contribution in [3.63, 3.8) is 0 Å². The highest BCUT2D eigenvalue weighted by Crippen LogP contribution is 2.00. The van der Waals surface area contributed by atoms with Crippen molar-refractivity contribution < 1.29 is 23.5 Å². The van der Waals surface area contributed by atoms with Crippen LogP contribution in [0.25, 0.3) is 0 Å². The molecule has 1 aromatic carbocycles. The van der Waals surface area contributed by atoms with Gasteiger partial charge in [-0.15, -0.1) is 0 Å². The quantitative estimate of drug-likeness (QED) is 0.643. The van der Waals surface area contributed by atoms with Crippen LogP contribution in [0.2, 0.25) is 0 Å². The minimum atomic E-state index is -0.667. The maximum atomic E-state index is 11.6. The van der Waals surface area contributed by atoms with Gasteiger partial charge < -0.3 is 9.15 Å². The van der Waals surface area contributed by atoms with E-state index in [0.717, 1.165) is 0 Å². The van der Waals surface area contributed by atoms with E-state index in [0.29, 0.717) is 5.56 Å². The predicted octanol–water partition coefficient (Wildman–Crippen LogP) is 0.898. The van der Waals surface area contributed by atoms with Crippen molar-refractivity contribution in [1.29, 1.82) is 0 Å². The highest BCUT2D eigenvalue weighted by molar-refractivity contribution is 5.94. The lowest BCUT2D eigenvalue weighted by atomic mass is 10.2. The van der Waals surface area contributed by atoms with E-state index in [9.17, 15) is 14.4 Å². The fourth-order valence-corrected chi connectivity index (χ4v) is 1.42. The minimum Gasteiger partial charge on any atom is -0.459 e. The molecule has 0 saturated heterocycles. The van der Waals surface area contributed by atoms with Gasteiger partial charge in [-0.3, -0.25) is 20.4 Å². The summed E-state index contributed by atoms with van der Waals surface area (Å²) in [5, 5.41) is 0. The van der Waals surface area contributed by atoms with Gasteiger partial charge in [0.15, 0.2) is 12.4 Å². The smallest absolute Gasteiger partial charge is 0.338 e. The molecule has 0 bridgehead atoms. The van der Waals surface area contributed by atoms with E-state index >= 15 is 0 Å². The zero-order valence-corrected chi connectivity index (χ0v) is 10.9. The number of hydrazine groups is 1. The first-order chi connectivity index (χ1) is 10.2. The number of carbonyl (C=O) groups is 3. The van der Waals surface area contributed by atoms with Gasteiger partial charge in [0.05, 0.1) is 11.8 Å². The predicted molar refractivity (Wildman–Crippen MR) is 71.0 cm³/mol. The largest absolute Gasteiger partial charge is 0.459 e. The molecule has 0 aliphatic heterocycles. The summed E-state index contributed by atoms with van der Waals surface area (Å²) in [6.45, 7) is -0.508. The Morgan fingerprint density at radius 1 is 1.00 bits per heavy atom. The summed E-state index contributed by atoms with van der Waals surface area (Å²) in [6, 6.07) is 11.2. The molecule has 2 amide bonds. The molecule has 2 rings (SSSR count). The first kappa shape index (κ1) is 14.3. The molecule has 0 fully saturated rings. The lowest BCUT2D eigenvalue weighted by Gasteiger charge is -2.07. The van der Waals surface area contributed by atoms with Gasteiger partial charge in [0, 0.05) is 0 Å². The van der Waals surface area contributed by atoms with Crippen LogP contribution in [0.3, 0.4) is 0 Å². The minimum absolute atomic E-state index is 0.0524. The van der Waals surface area contributed by atoms with Gasteiger partial charge in [-0.05, 0) is 24.3 Å². The highest BCUT2D eigenvalue weighted by atomic mass is 16.5. The van der Waals surface area contributed by atoms with Crippen LogP contribution in [0.15, 0.2) is 53.1 Å². The van der Waals surface area contributed by atoms with E-state index < -0.39 is 24.4 Å². The molecule has 7 nitrogen and oxygen atoms in total. The molecular weight excluding hydrogens is 276 g/mol. The molecule has 2 aromatic rings. The number of furan rings is 1. The standard InChI is InChI=1S/C14H12N2O5/c17-12(15-16-13(18)11-7-4-8-20-11)9-21-14(19)10-5-2-1-3-6-10/h1-8H,9H2,(H,15,17)(H,16,18). The summed E-state index contributed by atoms with van der Waals surface area (Å²) < 4.78 is 9.62. The Hall–Kier alpha value is -3.09. The molecule has 1 aromatic heterocycles. The third-order valence-corrected chi connectivity index (χ3v) is 2.40. The Morgan fingerprint density at radius 3 is 2.43 bits per heavy atom. The molecular formula is C14H12N2O5. The zero-order valence-electron chi connectivity index (χ0n) is 10.9. The molecule has 21 heavy (non-hydrogen) atoms. The second-order valence-corrected chi connectivity index (χ2v) is 3.92. The molecule has 0 atom stereocenters. The van der Waals surface area contributed by atoms with Gasteiger partial charge >= 0.3 is 11.9 Å². The van der Waals surface area contributed by atoms with Crippen LogP contribution in [0, 0.1) is 0 Å². The van der Waals surface area contributed by atoms with Crippen LogP contribution < -0.4 is 10.9 Å². The van der Waals surface area contributed by atoms with Gasteiger partial charge in [0.1, 0.15) is 0 Å². The van der Waals surface area contributed by atoms with Crippen LogP contribution >= 0.6 is 0 Å². The average Bonchev–Trinajstić information content (AvgIpc) is 3.05. The molecule has 0 aliphatic rings. The molecule has 0 saturated carbocycles. The van der Waals surface area contributed by atoms with Gasteiger partial charge in [0.2, 0.25) is 0 Å². The van der Waals surface area contributed by atoms with E-state index in [1.807, 2.05) is 0 Å². The van der Waals surface area contributed by atoms with Gasteiger partial charge in [0.25, 0.3) is 5.91 Å². The lowest BCUT2D eigenvalue weighted by molar-refractivity contribution is -0.125. The summed E-state index contributed by atoms with van der Waals surface area (Å²) in [5.74, 6) is -1.85. The Bertz CT molecular complexity index is 622. The van der Waals surface area contributed by atoms with Crippen molar-refractivity contribution in [1.82, 2.24) is 10.9 Å². The fourth-order valence-electron chi connectivity index (χ4n) is 1.42. The molecule has 0 aliphatic carbocycles. The van der Waals surface area contributed by atoms with Crippen molar-refractivity contribution >= 4 is 17.8 Å². The van der Waals surface area contributed by atoms with Crippen LogP contribution in [-0.4, -0.2) is 24.4 Å². The summed E-state index contributed by atoms with van der Waals surface area (Å²) in [5.41, 5.74) is 4.56. The molecule has 1 heterocycles. The number of rotatable bonds is 4. The lowest BCUT2D eigenvalue weighted by Crippen LogP contribution is -2.43. The Labute approximate surface area is 119 Å². The van der Waals surface area contributed by atoms with Gasteiger partial charge in [-0.1, -0.05) is 18.2 Å². The number of esters is 1. The van der Waals surface area contributed by atoms with Crippen molar-refractivity contribution in [3.8, 4) is 0 Å². The Balaban J connectivity index is 1.73. The van der Waals surface area contributed by atoms with E-state index in [1.54, 1.807) is 36.4 Å². The number of hydrogen-bond acceptors (Lipinski definition) is 5. The van der Waals surface area contributed by atoms with Crippen LogP contribution in [-0.2, 0) is 9.53 Å². The summed E-state index contributed by atoms with van der Waals surface area (Å²) >= 11 is 0. The van der Waals surface area contributed by atoms with Gasteiger partial charge in [-0.2, -0.15) is 0 Å².